The Morgan fingerprint density at radius 3 is 2.84 bits per heavy atom. The number of rotatable bonds is 3. The lowest BCUT2D eigenvalue weighted by atomic mass is 10.2. The van der Waals surface area contributed by atoms with Crippen LogP contribution in [0.1, 0.15) is 31.2 Å². The molecule has 1 aliphatic heterocycles. The maximum Gasteiger partial charge on any atom is 0.315 e. The van der Waals surface area contributed by atoms with Gasteiger partial charge < -0.3 is 20.1 Å². The van der Waals surface area contributed by atoms with Gasteiger partial charge in [-0.2, -0.15) is 0 Å². The molecule has 1 aromatic rings. The Bertz CT molecular complexity index is 470. The maximum atomic E-state index is 11.7. The Morgan fingerprint density at radius 1 is 1.21 bits per heavy atom. The number of ether oxygens (including phenoxy) is 2. The predicted molar refractivity (Wildman–Crippen MR) is 70.2 cm³/mol. The highest BCUT2D eigenvalue weighted by Crippen LogP contribution is 2.32. The summed E-state index contributed by atoms with van der Waals surface area (Å²) < 4.78 is 10.5. The van der Waals surface area contributed by atoms with Crippen LogP contribution < -0.4 is 20.1 Å². The Kier molecular flexibility index (Phi) is 3.44. The number of amides is 2. The molecule has 2 N–H and O–H groups in total. The fraction of sp³-hybridized carbons (Fsp3) is 0.500. The molecular formula is C14H18N2O3. The Hall–Kier alpha value is -1.91. The van der Waals surface area contributed by atoms with Crippen molar-refractivity contribution in [3.05, 3.63) is 23.8 Å². The van der Waals surface area contributed by atoms with E-state index in [1.54, 1.807) is 0 Å². The molecule has 0 radical (unpaired) electrons. The summed E-state index contributed by atoms with van der Waals surface area (Å²) in [6.45, 7) is 0.767. The zero-order valence-electron chi connectivity index (χ0n) is 10.8. The third kappa shape index (κ3) is 2.92. The van der Waals surface area contributed by atoms with Crippen molar-refractivity contribution in [1.29, 1.82) is 0 Å². The highest BCUT2D eigenvalue weighted by atomic mass is 16.7. The SMILES string of the molecule is O=C(NCc1ccc2c(c1)OCO2)NC1CCCC1. The first-order chi connectivity index (χ1) is 9.31. The largest absolute Gasteiger partial charge is 0.454 e. The van der Waals surface area contributed by atoms with Crippen molar-refractivity contribution in [2.75, 3.05) is 6.79 Å². The normalized spacial score (nSPS) is 17.5. The number of fused-ring (bicyclic) bond motifs is 1. The van der Waals surface area contributed by atoms with Crippen LogP contribution in [0.2, 0.25) is 0 Å². The molecule has 1 aliphatic carbocycles. The van der Waals surface area contributed by atoms with Crippen LogP contribution in [0.3, 0.4) is 0 Å². The van der Waals surface area contributed by atoms with E-state index in [9.17, 15) is 4.79 Å². The molecule has 1 heterocycles. The van der Waals surface area contributed by atoms with E-state index in [2.05, 4.69) is 10.6 Å². The van der Waals surface area contributed by atoms with E-state index in [1.165, 1.54) is 12.8 Å². The third-order valence-electron chi connectivity index (χ3n) is 3.58. The zero-order chi connectivity index (χ0) is 13.1. The summed E-state index contributed by atoms with van der Waals surface area (Å²) in [5.41, 5.74) is 1.01. The van der Waals surface area contributed by atoms with Crippen LogP contribution in [0.25, 0.3) is 0 Å². The van der Waals surface area contributed by atoms with E-state index >= 15 is 0 Å². The van der Waals surface area contributed by atoms with E-state index in [0.717, 1.165) is 29.9 Å². The van der Waals surface area contributed by atoms with Gasteiger partial charge in [0.25, 0.3) is 0 Å². The highest BCUT2D eigenvalue weighted by Gasteiger charge is 2.17. The van der Waals surface area contributed by atoms with E-state index in [-0.39, 0.29) is 12.8 Å². The lowest BCUT2D eigenvalue weighted by Gasteiger charge is -2.13. The molecule has 1 fully saturated rings. The van der Waals surface area contributed by atoms with Crippen LogP contribution in [-0.4, -0.2) is 18.9 Å². The number of carbonyl (C=O) groups is 1. The Balaban J connectivity index is 1.50. The van der Waals surface area contributed by atoms with Crippen LogP contribution in [0.4, 0.5) is 4.79 Å². The second kappa shape index (κ2) is 5.38. The van der Waals surface area contributed by atoms with Crippen molar-refractivity contribution in [2.24, 2.45) is 0 Å². The molecule has 0 atom stereocenters. The topological polar surface area (TPSA) is 59.6 Å². The smallest absolute Gasteiger partial charge is 0.315 e. The van der Waals surface area contributed by atoms with Crippen molar-refractivity contribution in [1.82, 2.24) is 10.6 Å². The van der Waals surface area contributed by atoms with Gasteiger partial charge in [0.2, 0.25) is 6.79 Å². The number of hydrogen-bond donors (Lipinski definition) is 2. The number of benzene rings is 1. The zero-order valence-corrected chi connectivity index (χ0v) is 10.8. The Morgan fingerprint density at radius 2 is 2.00 bits per heavy atom. The minimum absolute atomic E-state index is 0.0930. The fourth-order valence-corrected chi connectivity index (χ4v) is 2.54. The van der Waals surface area contributed by atoms with E-state index < -0.39 is 0 Å². The van der Waals surface area contributed by atoms with Gasteiger partial charge in [-0.15, -0.1) is 0 Å². The molecule has 5 nitrogen and oxygen atoms in total. The first-order valence-electron chi connectivity index (χ1n) is 6.74. The van der Waals surface area contributed by atoms with Crippen LogP contribution in [0.15, 0.2) is 18.2 Å². The molecule has 1 aromatic carbocycles. The first-order valence-corrected chi connectivity index (χ1v) is 6.74. The van der Waals surface area contributed by atoms with Gasteiger partial charge in [-0.05, 0) is 30.5 Å². The molecule has 2 aliphatic rings. The molecule has 3 rings (SSSR count). The number of hydrogen-bond acceptors (Lipinski definition) is 3. The molecule has 0 aromatic heterocycles. The van der Waals surface area contributed by atoms with Crippen molar-refractivity contribution < 1.29 is 14.3 Å². The molecule has 0 bridgehead atoms. The second-order valence-electron chi connectivity index (χ2n) is 5.00. The van der Waals surface area contributed by atoms with Gasteiger partial charge in [-0.3, -0.25) is 0 Å². The summed E-state index contributed by atoms with van der Waals surface area (Å²) in [4.78, 5) is 11.7. The van der Waals surface area contributed by atoms with Gasteiger partial charge in [0, 0.05) is 12.6 Å². The summed E-state index contributed by atoms with van der Waals surface area (Å²) in [7, 11) is 0. The van der Waals surface area contributed by atoms with Crippen molar-refractivity contribution >= 4 is 6.03 Å². The summed E-state index contributed by atoms with van der Waals surface area (Å²) in [5.74, 6) is 1.51. The van der Waals surface area contributed by atoms with E-state index in [4.69, 9.17) is 9.47 Å². The summed E-state index contributed by atoms with van der Waals surface area (Å²) in [5, 5.41) is 5.87. The Labute approximate surface area is 112 Å². The predicted octanol–water partition coefficient (Wildman–Crippen LogP) is 2.16. The van der Waals surface area contributed by atoms with Gasteiger partial charge in [0.05, 0.1) is 0 Å². The molecule has 0 unspecified atom stereocenters. The standard InChI is InChI=1S/C14H18N2O3/c17-14(16-11-3-1-2-4-11)15-8-10-5-6-12-13(7-10)19-9-18-12/h5-7,11H,1-4,8-9H2,(H2,15,16,17). The average Bonchev–Trinajstić information content (AvgIpc) is 3.06. The quantitative estimate of drug-likeness (QED) is 0.877. The summed E-state index contributed by atoms with van der Waals surface area (Å²) >= 11 is 0. The van der Waals surface area contributed by atoms with Crippen molar-refractivity contribution in [3.8, 4) is 11.5 Å². The molecule has 2 amide bonds. The van der Waals surface area contributed by atoms with Gasteiger partial charge in [-0.25, -0.2) is 4.79 Å². The van der Waals surface area contributed by atoms with Crippen LogP contribution >= 0.6 is 0 Å². The van der Waals surface area contributed by atoms with Crippen LogP contribution in [-0.2, 0) is 6.54 Å². The maximum absolute atomic E-state index is 11.7. The van der Waals surface area contributed by atoms with E-state index in [1.807, 2.05) is 18.2 Å². The van der Waals surface area contributed by atoms with Crippen LogP contribution in [0.5, 0.6) is 11.5 Å². The van der Waals surface area contributed by atoms with Gasteiger partial charge in [0.1, 0.15) is 0 Å². The van der Waals surface area contributed by atoms with Crippen molar-refractivity contribution in [3.63, 3.8) is 0 Å². The number of nitrogens with one attached hydrogen (secondary N) is 2. The van der Waals surface area contributed by atoms with Gasteiger partial charge in [0.15, 0.2) is 11.5 Å². The van der Waals surface area contributed by atoms with Crippen LogP contribution in [0, 0.1) is 0 Å². The average molecular weight is 262 g/mol. The molecule has 1 saturated carbocycles. The van der Waals surface area contributed by atoms with Gasteiger partial charge >= 0.3 is 6.03 Å². The summed E-state index contributed by atoms with van der Waals surface area (Å²) in [6, 6.07) is 5.96. The molecule has 0 spiro atoms. The second-order valence-corrected chi connectivity index (χ2v) is 5.00. The number of carbonyl (C=O) groups excluding carboxylic acids is 1. The molecule has 102 valence electrons. The summed E-state index contributed by atoms with van der Waals surface area (Å²) in [6.07, 6.45) is 4.62. The number of urea groups is 1. The molecule has 5 heteroatoms. The lowest BCUT2D eigenvalue weighted by Crippen LogP contribution is -2.40. The fourth-order valence-electron chi connectivity index (χ4n) is 2.54. The van der Waals surface area contributed by atoms with E-state index in [0.29, 0.717) is 12.6 Å². The molecule has 0 saturated heterocycles. The third-order valence-corrected chi connectivity index (χ3v) is 3.58. The monoisotopic (exact) mass is 262 g/mol. The minimum atomic E-state index is -0.0930. The first kappa shape index (κ1) is 12.1. The lowest BCUT2D eigenvalue weighted by molar-refractivity contribution is 0.174. The molecule has 19 heavy (non-hydrogen) atoms. The highest BCUT2D eigenvalue weighted by molar-refractivity contribution is 5.74. The molecular weight excluding hydrogens is 244 g/mol. The minimum Gasteiger partial charge on any atom is -0.454 e. The van der Waals surface area contributed by atoms with Crippen molar-refractivity contribution in [2.45, 2.75) is 38.3 Å². The van der Waals surface area contributed by atoms with Gasteiger partial charge in [-0.1, -0.05) is 18.9 Å².